The third-order valence-corrected chi connectivity index (χ3v) is 11.8. The van der Waals surface area contributed by atoms with E-state index in [2.05, 4.69) is 64.4 Å². The van der Waals surface area contributed by atoms with E-state index in [0.29, 0.717) is 17.8 Å². The fourth-order valence-corrected chi connectivity index (χ4v) is 10.5. The van der Waals surface area contributed by atoms with Crippen molar-refractivity contribution in [2.24, 2.45) is 38.9 Å². The zero-order valence-electron chi connectivity index (χ0n) is 25.4. The molecule has 0 aliphatic heterocycles. The number of nitrogens with zero attached hydrogens (tertiary/aromatic N) is 2. The fraction of sp³-hybridized carbons (Fsp3) is 0.828. The number of fused-ring (bicyclic) bond motifs is 5. The highest BCUT2D eigenvalue weighted by molar-refractivity contribution is 6.70. The largest absolute Gasteiger partial charge is 0.410 e. The number of hydrogen-bond acceptors (Lipinski definition) is 7. The maximum absolute atomic E-state index is 14.3. The SMILES string of the molecule is CO/N=C1/C=C2CCC3C(/C(=N/OC)C[C@@]4(C)C3CC[C@]4(O[Si](C)(C)C)C(=O)CO[Si](C)(C)C)[C@@]2(C)CC1. The van der Waals surface area contributed by atoms with E-state index in [4.69, 9.17) is 23.7 Å². The van der Waals surface area contributed by atoms with Gasteiger partial charge in [-0.1, -0.05) is 29.7 Å². The zero-order chi connectivity index (χ0) is 28.1. The molecule has 0 aromatic rings. The second-order valence-corrected chi connectivity index (χ2v) is 23.3. The van der Waals surface area contributed by atoms with Gasteiger partial charge in [0, 0.05) is 11.3 Å². The third-order valence-electron chi connectivity index (χ3n) is 9.79. The van der Waals surface area contributed by atoms with Gasteiger partial charge in [0.25, 0.3) is 0 Å². The number of hydrogen-bond donors (Lipinski definition) is 0. The molecular formula is C29H50N2O5Si2. The Balaban J connectivity index is 1.78. The summed E-state index contributed by atoms with van der Waals surface area (Å²) in [6.45, 7) is 17.9. The van der Waals surface area contributed by atoms with Gasteiger partial charge < -0.3 is 18.5 Å². The van der Waals surface area contributed by atoms with Crippen LogP contribution in [0.2, 0.25) is 39.3 Å². The van der Waals surface area contributed by atoms with E-state index in [-0.39, 0.29) is 23.2 Å². The molecule has 0 N–H and O–H groups in total. The quantitative estimate of drug-likeness (QED) is 0.247. The predicted octanol–water partition coefficient (Wildman–Crippen LogP) is 6.57. The van der Waals surface area contributed by atoms with Crippen LogP contribution in [0.4, 0.5) is 0 Å². The molecule has 0 amide bonds. The van der Waals surface area contributed by atoms with Crippen LogP contribution in [0, 0.1) is 28.6 Å². The van der Waals surface area contributed by atoms with Gasteiger partial charge in [-0.3, -0.25) is 4.79 Å². The average Bonchev–Trinajstić information content (AvgIpc) is 3.08. The molecule has 0 radical (unpaired) electrons. The lowest BCUT2D eigenvalue weighted by Gasteiger charge is -2.60. The van der Waals surface area contributed by atoms with Crippen LogP contribution in [0.15, 0.2) is 22.0 Å². The lowest BCUT2D eigenvalue weighted by molar-refractivity contribution is -0.153. The average molecular weight is 563 g/mol. The van der Waals surface area contributed by atoms with E-state index in [0.717, 1.165) is 56.4 Å². The topological polar surface area (TPSA) is 78.7 Å². The molecule has 0 aromatic carbocycles. The fourth-order valence-electron chi connectivity index (χ4n) is 8.42. The minimum absolute atomic E-state index is 0.00418. The Kier molecular flexibility index (Phi) is 8.02. The molecule has 0 spiro atoms. The Morgan fingerprint density at radius 2 is 1.66 bits per heavy atom. The maximum Gasteiger partial charge on any atom is 0.188 e. The minimum atomic E-state index is -2.07. The zero-order valence-corrected chi connectivity index (χ0v) is 27.4. The van der Waals surface area contributed by atoms with Gasteiger partial charge in [0.05, 0.1) is 18.0 Å². The van der Waals surface area contributed by atoms with Crippen molar-refractivity contribution < 1.29 is 23.3 Å². The number of carbonyl (C=O) groups excluding carboxylic acids is 1. The molecule has 9 heteroatoms. The lowest BCUT2D eigenvalue weighted by Crippen LogP contribution is -2.64. The summed E-state index contributed by atoms with van der Waals surface area (Å²) in [5, 5.41) is 8.99. The van der Waals surface area contributed by atoms with Crippen molar-refractivity contribution in [2.45, 2.75) is 104 Å². The first kappa shape index (κ1) is 29.7. The summed E-state index contributed by atoms with van der Waals surface area (Å²) in [5.74, 6) is 1.25. The minimum Gasteiger partial charge on any atom is -0.410 e. The van der Waals surface area contributed by atoms with Crippen LogP contribution in [-0.4, -0.2) is 60.3 Å². The standard InChI is InChI=1S/C29H50N2O5Si2/c1-27-15-13-21(30-33-3)17-20(27)11-12-22-23-14-16-29(36-38(8,9)10,25(32)19-35-37(5,6)7)28(23,2)18-24(26(22)27)31-34-4/h17,22-23,26H,11-16,18-19H2,1-10H3/b30-21+,31-24+/t22?,23?,26?,27-,28-,29-/m0/s1. The summed E-state index contributed by atoms with van der Waals surface area (Å²) in [7, 11) is -0.662. The first-order valence-electron chi connectivity index (χ1n) is 14.4. The Morgan fingerprint density at radius 3 is 2.26 bits per heavy atom. The monoisotopic (exact) mass is 562 g/mol. The van der Waals surface area contributed by atoms with Gasteiger partial charge in [-0.25, -0.2) is 0 Å². The van der Waals surface area contributed by atoms with Crippen molar-refractivity contribution in [3.63, 3.8) is 0 Å². The van der Waals surface area contributed by atoms with E-state index in [1.54, 1.807) is 14.2 Å². The van der Waals surface area contributed by atoms with Gasteiger partial charge >= 0.3 is 0 Å². The highest BCUT2D eigenvalue weighted by Gasteiger charge is 2.69. The molecule has 3 saturated carbocycles. The van der Waals surface area contributed by atoms with E-state index in [1.165, 1.54) is 5.57 Å². The van der Waals surface area contributed by atoms with Crippen molar-refractivity contribution in [3.8, 4) is 0 Å². The smallest absolute Gasteiger partial charge is 0.188 e. The second-order valence-electron chi connectivity index (χ2n) is 14.4. The predicted molar refractivity (Wildman–Crippen MR) is 157 cm³/mol. The van der Waals surface area contributed by atoms with E-state index in [9.17, 15) is 4.79 Å². The molecule has 214 valence electrons. The van der Waals surface area contributed by atoms with E-state index < -0.39 is 22.2 Å². The highest BCUT2D eigenvalue weighted by Crippen LogP contribution is 2.68. The maximum atomic E-state index is 14.3. The Bertz CT molecular complexity index is 1030. The molecule has 7 nitrogen and oxygen atoms in total. The summed E-state index contributed by atoms with van der Waals surface area (Å²) in [6.07, 6.45) is 8.80. The van der Waals surface area contributed by atoms with Crippen molar-refractivity contribution >= 4 is 33.8 Å². The number of carbonyl (C=O) groups is 1. The molecule has 4 rings (SSSR count). The van der Waals surface area contributed by atoms with Crippen molar-refractivity contribution in [2.75, 3.05) is 20.8 Å². The van der Waals surface area contributed by atoms with Gasteiger partial charge in [0.1, 0.15) is 19.8 Å². The van der Waals surface area contributed by atoms with Crippen LogP contribution < -0.4 is 0 Å². The van der Waals surface area contributed by atoms with Crippen LogP contribution in [0.3, 0.4) is 0 Å². The number of oxime groups is 2. The Hall–Kier alpha value is -1.30. The van der Waals surface area contributed by atoms with Gasteiger partial charge in [0.15, 0.2) is 22.4 Å². The van der Waals surface area contributed by atoms with Crippen LogP contribution in [0.1, 0.15) is 58.8 Å². The molecule has 4 aliphatic carbocycles. The summed E-state index contributed by atoms with van der Waals surface area (Å²) in [4.78, 5) is 24.9. The van der Waals surface area contributed by atoms with Crippen LogP contribution in [0.5, 0.6) is 0 Å². The molecule has 4 aliphatic rings. The van der Waals surface area contributed by atoms with Crippen LogP contribution in [0.25, 0.3) is 0 Å². The second kappa shape index (κ2) is 10.3. The summed E-state index contributed by atoms with van der Waals surface area (Å²) >= 11 is 0. The summed E-state index contributed by atoms with van der Waals surface area (Å²) in [6, 6.07) is 0. The molecule has 3 fully saturated rings. The van der Waals surface area contributed by atoms with Crippen LogP contribution in [-0.2, 0) is 23.3 Å². The molecule has 6 atom stereocenters. The van der Waals surface area contributed by atoms with Crippen molar-refractivity contribution in [1.29, 1.82) is 0 Å². The molecule has 0 aromatic heterocycles. The van der Waals surface area contributed by atoms with E-state index >= 15 is 0 Å². The summed E-state index contributed by atoms with van der Waals surface area (Å²) < 4.78 is 13.3. The highest BCUT2D eigenvalue weighted by atomic mass is 28.4. The molecule has 0 bridgehead atoms. The van der Waals surface area contributed by atoms with E-state index in [1.807, 2.05) is 0 Å². The van der Waals surface area contributed by atoms with Crippen molar-refractivity contribution in [3.05, 3.63) is 11.6 Å². The third kappa shape index (κ3) is 5.13. The first-order chi connectivity index (χ1) is 17.6. The van der Waals surface area contributed by atoms with Gasteiger partial charge in [-0.05, 0) is 108 Å². The first-order valence-corrected chi connectivity index (χ1v) is 21.2. The number of allylic oxidation sites excluding steroid dienone is 2. The Morgan fingerprint density at radius 1 is 0.974 bits per heavy atom. The molecule has 0 heterocycles. The molecule has 0 saturated heterocycles. The molecule has 3 unspecified atom stereocenters. The number of ketones is 1. The van der Waals surface area contributed by atoms with Crippen LogP contribution >= 0.6 is 0 Å². The van der Waals surface area contributed by atoms with Gasteiger partial charge in [-0.2, -0.15) is 0 Å². The number of rotatable bonds is 8. The number of Topliss-reactive ketones (excluding diaryl/α,β-unsaturated/α-hetero) is 1. The normalized spacial score (nSPS) is 39.3. The van der Waals surface area contributed by atoms with Crippen molar-refractivity contribution in [1.82, 2.24) is 0 Å². The lowest BCUT2D eigenvalue weighted by atomic mass is 9.45. The molecule has 38 heavy (non-hydrogen) atoms. The van der Waals surface area contributed by atoms with Gasteiger partial charge in [-0.15, -0.1) is 0 Å². The Labute approximate surface area is 232 Å². The molecular weight excluding hydrogens is 513 g/mol. The summed E-state index contributed by atoms with van der Waals surface area (Å²) in [5.41, 5.74) is 2.39. The van der Waals surface area contributed by atoms with Gasteiger partial charge in [0.2, 0.25) is 0 Å².